The second kappa shape index (κ2) is 9.85. The quantitative estimate of drug-likeness (QED) is 0.508. The zero-order valence-corrected chi connectivity index (χ0v) is 22.3. The number of amides is 3. The van der Waals surface area contributed by atoms with Crippen LogP contribution in [-0.4, -0.2) is 47.7 Å². The summed E-state index contributed by atoms with van der Waals surface area (Å²) in [5.74, 6) is -0.314. The van der Waals surface area contributed by atoms with Crippen molar-refractivity contribution in [1.29, 1.82) is 0 Å². The number of hydrogen-bond donors (Lipinski definition) is 1. The van der Waals surface area contributed by atoms with E-state index in [-0.39, 0.29) is 17.0 Å². The first kappa shape index (κ1) is 25.6. The maximum atomic E-state index is 13.1. The van der Waals surface area contributed by atoms with E-state index in [4.69, 9.17) is 4.74 Å². The molecule has 1 saturated heterocycles. The van der Waals surface area contributed by atoms with E-state index < -0.39 is 17.1 Å². The summed E-state index contributed by atoms with van der Waals surface area (Å²) in [5.41, 5.74) is 5.50. The first-order valence-electron chi connectivity index (χ1n) is 11.9. The molecule has 0 unspecified atom stereocenters. The van der Waals surface area contributed by atoms with Crippen molar-refractivity contribution in [2.45, 2.75) is 40.2 Å². The van der Waals surface area contributed by atoms with Crippen molar-refractivity contribution >= 4 is 51.8 Å². The molecule has 0 spiro atoms. The van der Waals surface area contributed by atoms with Gasteiger partial charge in [-0.1, -0.05) is 23.8 Å². The third kappa shape index (κ3) is 4.91. The van der Waals surface area contributed by atoms with E-state index in [0.717, 1.165) is 45.6 Å². The fraction of sp³-hybridized carbons (Fsp3) is 0.321. The highest BCUT2D eigenvalue weighted by molar-refractivity contribution is 8.18. The average Bonchev–Trinajstić information content (AvgIpc) is 3.07. The number of hydrogen-bond acceptors (Lipinski definition) is 6. The highest BCUT2D eigenvalue weighted by Gasteiger charge is 2.37. The van der Waals surface area contributed by atoms with Crippen molar-refractivity contribution < 1.29 is 19.1 Å². The third-order valence-corrected chi connectivity index (χ3v) is 7.35. The number of fused-ring (bicyclic) bond motifs is 1. The van der Waals surface area contributed by atoms with Crippen LogP contribution in [0.25, 0.3) is 11.6 Å². The smallest absolute Gasteiger partial charge is 0.294 e. The van der Waals surface area contributed by atoms with Gasteiger partial charge in [0.15, 0.2) is 0 Å². The number of rotatable bonds is 6. The minimum absolute atomic E-state index is 0.139. The molecule has 3 amide bonds. The van der Waals surface area contributed by atoms with Gasteiger partial charge in [0.1, 0.15) is 12.3 Å². The highest BCUT2D eigenvalue weighted by Crippen LogP contribution is 2.43. The molecule has 2 aromatic carbocycles. The Morgan fingerprint density at radius 3 is 2.47 bits per heavy atom. The van der Waals surface area contributed by atoms with Crippen LogP contribution in [0, 0.1) is 6.92 Å². The summed E-state index contributed by atoms with van der Waals surface area (Å²) in [6.45, 7) is 11.0. The molecular formula is C28H31N3O4S. The molecule has 0 bridgehead atoms. The lowest BCUT2D eigenvalue weighted by atomic mass is 9.87. The van der Waals surface area contributed by atoms with Crippen molar-refractivity contribution in [2.24, 2.45) is 0 Å². The molecule has 2 aromatic rings. The van der Waals surface area contributed by atoms with Gasteiger partial charge >= 0.3 is 0 Å². The number of thioether (sulfide) groups is 1. The Bertz CT molecular complexity index is 1290. The minimum atomic E-state index is -0.493. The number of likely N-dealkylation sites (N-methyl/N-ethyl adjacent to an activating group) is 1. The van der Waals surface area contributed by atoms with Gasteiger partial charge in [-0.15, -0.1) is 0 Å². The van der Waals surface area contributed by atoms with Crippen LogP contribution in [0.3, 0.4) is 0 Å². The Balaban J connectivity index is 1.59. The fourth-order valence-corrected chi connectivity index (χ4v) is 5.58. The molecule has 2 aliphatic heterocycles. The first-order chi connectivity index (χ1) is 17.0. The van der Waals surface area contributed by atoms with Crippen LogP contribution >= 0.6 is 11.8 Å². The number of nitrogens with one attached hydrogen (secondary N) is 1. The number of benzene rings is 2. The number of carbonyl (C=O) groups excluding carboxylic acids is 3. The van der Waals surface area contributed by atoms with Crippen LogP contribution in [0.2, 0.25) is 0 Å². The predicted molar refractivity (Wildman–Crippen MR) is 146 cm³/mol. The van der Waals surface area contributed by atoms with Gasteiger partial charge in [-0.3, -0.25) is 19.3 Å². The maximum absolute atomic E-state index is 13.1. The van der Waals surface area contributed by atoms with Crippen LogP contribution in [-0.2, 0) is 9.59 Å². The Hall–Kier alpha value is -3.52. The monoisotopic (exact) mass is 505 g/mol. The molecule has 0 saturated carbocycles. The van der Waals surface area contributed by atoms with Crippen LogP contribution in [0.15, 0.2) is 47.4 Å². The lowest BCUT2D eigenvalue weighted by molar-refractivity contribution is -0.127. The van der Waals surface area contributed by atoms with E-state index in [1.165, 1.54) is 0 Å². The minimum Gasteiger partial charge on any atom is -0.496 e. The van der Waals surface area contributed by atoms with Gasteiger partial charge in [0.2, 0.25) is 5.91 Å². The molecule has 2 heterocycles. The van der Waals surface area contributed by atoms with E-state index in [1.54, 1.807) is 25.3 Å². The Morgan fingerprint density at radius 1 is 1.14 bits per heavy atom. The molecule has 36 heavy (non-hydrogen) atoms. The molecule has 188 valence electrons. The normalized spacial score (nSPS) is 17.8. The van der Waals surface area contributed by atoms with Gasteiger partial charge in [-0.05, 0) is 76.2 Å². The number of imide groups is 1. The fourth-order valence-electron chi connectivity index (χ4n) is 4.75. The molecule has 2 aliphatic rings. The van der Waals surface area contributed by atoms with Gasteiger partial charge in [-0.2, -0.15) is 0 Å². The van der Waals surface area contributed by atoms with Crippen molar-refractivity contribution in [3.8, 4) is 5.75 Å². The predicted octanol–water partition coefficient (Wildman–Crippen LogP) is 5.70. The van der Waals surface area contributed by atoms with E-state index in [2.05, 4.69) is 44.0 Å². The largest absolute Gasteiger partial charge is 0.496 e. The molecule has 0 aliphatic carbocycles. The highest BCUT2D eigenvalue weighted by atomic mass is 32.2. The van der Waals surface area contributed by atoms with E-state index in [9.17, 15) is 14.4 Å². The maximum Gasteiger partial charge on any atom is 0.294 e. The number of aryl methyl sites for hydroxylation is 1. The number of nitrogens with zero attached hydrogens (tertiary/aromatic N) is 2. The van der Waals surface area contributed by atoms with Crippen molar-refractivity contribution in [3.05, 3.63) is 64.1 Å². The standard InChI is InChI=1S/C28H31N3O4S/c1-7-31-22-14-23(35-6)19(12-21(22)18(3)15-28(31,4)5)13-24-26(33)30(27(34)36-24)16-25(32)29-20-10-8-17(2)9-11-20/h8-15H,7,16H2,1-6H3,(H,29,32)/b24-13+. The van der Waals surface area contributed by atoms with Crippen LogP contribution in [0.4, 0.5) is 16.2 Å². The molecule has 8 heteroatoms. The second-order valence-corrected chi connectivity index (χ2v) is 10.5. The van der Waals surface area contributed by atoms with Crippen molar-refractivity contribution in [3.63, 3.8) is 0 Å². The van der Waals surface area contributed by atoms with Gasteiger partial charge in [0.25, 0.3) is 11.1 Å². The van der Waals surface area contributed by atoms with Gasteiger partial charge in [-0.25, -0.2) is 0 Å². The zero-order valence-electron chi connectivity index (χ0n) is 21.5. The summed E-state index contributed by atoms with van der Waals surface area (Å²) in [4.78, 5) is 41.7. The topological polar surface area (TPSA) is 79.0 Å². The van der Waals surface area contributed by atoms with Gasteiger partial charge in [0.05, 0.1) is 17.6 Å². The Labute approximate surface area is 216 Å². The summed E-state index contributed by atoms with van der Waals surface area (Å²) in [5, 5.41) is 2.26. The van der Waals surface area contributed by atoms with Crippen molar-refractivity contribution in [2.75, 3.05) is 30.4 Å². The molecule has 7 nitrogen and oxygen atoms in total. The molecule has 1 N–H and O–H groups in total. The lowest BCUT2D eigenvalue weighted by Gasteiger charge is -2.43. The number of allylic oxidation sites excluding steroid dienone is 1. The number of ether oxygens (including phenoxy) is 1. The SMILES string of the molecule is CCN1c2cc(OC)c(/C=C3/SC(=O)N(CC(=O)Nc4ccc(C)cc4)C3=O)cc2C(C)=CC1(C)C. The molecule has 1 fully saturated rings. The molecule has 0 radical (unpaired) electrons. The first-order valence-corrected chi connectivity index (χ1v) is 12.7. The number of methoxy groups -OCH3 is 1. The van der Waals surface area contributed by atoms with Crippen molar-refractivity contribution in [1.82, 2.24) is 4.90 Å². The van der Waals surface area contributed by atoms with Crippen LogP contribution in [0.1, 0.15) is 44.4 Å². The summed E-state index contributed by atoms with van der Waals surface area (Å²) in [6, 6.07) is 11.3. The summed E-state index contributed by atoms with van der Waals surface area (Å²) >= 11 is 0.827. The van der Waals surface area contributed by atoms with Crippen LogP contribution in [0.5, 0.6) is 5.75 Å². The Kier molecular flexibility index (Phi) is 7.00. The average molecular weight is 506 g/mol. The van der Waals surface area contributed by atoms with E-state index in [0.29, 0.717) is 17.0 Å². The summed E-state index contributed by atoms with van der Waals surface area (Å²) in [7, 11) is 1.59. The summed E-state index contributed by atoms with van der Waals surface area (Å²) < 4.78 is 5.67. The molecular weight excluding hydrogens is 474 g/mol. The molecule has 4 rings (SSSR count). The molecule has 0 aromatic heterocycles. The second-order valence-electron chi connectivity index (χ2n) is 9.52. The van der Waals surface area contributed by atoms with Crippen LogP contribution < -0.4 is 15.0 Å². The zero-order chi connectivity index (χ0) is 26.2. The molecule has 0 atom stereocenters. The number of carbonyl (C=O) groups is 3. The lowest BCUT2D eigenvalue weighted by Crippen LogP contribution is -2.44. The van der Waals surface area contributed by atoms with E-state index in [1.807, 2.05) is 31.2 Å². The van der Waals surface area contributed by atoms with Gasteiger partial charge < -0.3 is 15.0 Å². The Morgan fingerprint density at radius 2 is 1.83 bits per heavy atom. The van der Waals surface area contributed by atoms with E-state index >= 15 is 0 Å². The number of anilines is 2. The third-order valence-electron chi connectivity index (χ3n) is 6.44. The van der Waals surface area contributed by atoms with Gasteiger partial charge in [0, 0.05) is 35.1 Å². The summed E-state index contributed by atoms with van der Waals surface area (Å²) in [6.07, 6.45) is 3.90.